The molecule has 133 heavy (non-hydrogen) atoms. The van der Waals surface area contributed by atoms with E-state index in [9.17, 15) is 88.5 Å². The van der Waals surface area contributed by atoms with Gasteiger partial charge in [-0.05, 0) is 273 Å². The molecule has 22 atom stereocenters. The van der Waals surface area contributed by atoms with Crippen molar-refractivity contribution in [3.05, 3.63) is 60.8 Å². The van der Waals surface area contributed by atoms with E-state index in [0.717, 1.165) is 75.5 Å². The summed E-state index contributed by atoms with van der Waals surface area (Å²) in [7, 11) is 0. The number of rotatable bonds is 22. The Morgan fingerprint density at radius 3 is 1.08 bits per heavy atom. The Labute approximate surface area is 778 Å². The molecule has 1 N–H and O–H groups in total. The monoisotopic (exact) mass is 1840 g/mol. The molecule has 17 aliphatic carbocycles. The van der Waals surface area contributed by atoms with Crippen molar-refractivity contribution in [3.8, 4) is 24.3 Å². The van der Waals surface area contributed by atoms with E-state index in [4.69, 9.17) is 61.6 Å². The van der Waals surface area contributed by atoms with Gasteiger partial charge in [-0.3, -0.25) is 28.8 Å². The largest absolute Gasteiger partial charge is 0.458 e. The van der Waals surface area contributed by atoms with Crippen LogP contribution in [0.15, 0.2) is 60.8 Å². The Hall–Kier alpha value is -10.3. The van der Waals surface area contributed by atoms with Crippen LogP contribution in [-0.4, -0.2) is 167 Å². The standard InChI is InChI=1S/C17H21NO6.C17H26O2.C15H15NO6.C15H19NO4.C14H20O3.C13H13NO4.C11H18O2/c1-4-16(2,3)14(20)22-7-11(19)23-12-9-5-10-13(12)24-15(21)17(10,6-9)8-18;1-11(2)15(18)19-16(3,4)17-8-12-5-13(9-17)7-14(6-12)10-17;1-7(2)13(18)20-5-10(17)21-11-8-3-9-12(11)22-14(19)15(9,4-8)6-16;1-4-14(2,3)12(17)19-10-8-5-9-11(10)20-13(18)15(9,6-8)7-16;1-9(2)12(15)17-14-6-10-3-11(7-14)5-13(16,4-10)8-14;1-6(2)11(15)17-9-7-3-8-10(9)18-12(16)13(8,4-7)5-14;1-4-11(7-5-6-8-11)13-10(12)9(2)3/h9-10,12-13H,4-7H2,1-3H3;12-14H,1,5-10H2,2-4H3;8-9,11-12H,1,3-5H2,2H3;8-11H,4-6H2,1-3H3;10-11,16H,1,3-8H2,2H3;7-10H,1,3-4H2,2H3;2,4-8H2,1,3H3. The fourth-order valence-corrected chi connectivity index (χ4v) is 26.5. The quantitative estimate of drug-likeness (QED) is 0.0597. The summed E-state index contributed by atoms with van der Waals surface area (Å²) in [6.45, 7) is 42.4. The smallest absolute Gasteiger partial charge is 0.344 e. The molecule has 21 rings (SSSR count). The molecule has 16 bridgehead atoms. The van der Waals surface area contributed by atoms with Crippen LogP contribution in [0.25, 0.3) is 0 Å². The lowest BCUT2D eigenvalue weighted by Crippen LogP contribution is -2.60. The predicted octanol–water partition coefficient (Wildman–Crippen LogP) is 13.7. The van der Waals surface area contributed by atoms with Crippen LogP contribution in [0, 0.1) is 160 Å². The van der Waals surface area contributed by atoms with Gasteiger partial charge in [0.15, 0.2) is 34.9 Å². The first-order valence-electron chi connectivity index (χ1n) is 47.6. The minimum Gasteiger partial charge on any atom is -0.458 e. The molecule has 0 aromatic heterocycles. The molecule has 4 heterocycles. The lowest BCUT2D eigenvalue weighted by molar-refractivity contribution is -0.217. The number of nitriles is 4. The second-order valence-electron chi connectivity index (χ2n) is 44.2. The Bertz CT molecular complexity index is 4930. The van der Waals surface area contributed by atoms with Crippen molar-refractivity contribution in [1.82, 2.24) is 0 Å². The highest BCUT2D eigenvalue weighted by atomic mass is 16.6. The van der Waals surface area contributed by atoms with Gasteiger partial charge < -0.3 is 66.7 Å². The minimum atomic E-state index is -1.06. The molecule has 0 amide bonds. The number of ether oxygens (including phenoxy) is 13. The fourth-order valence-electron chi connectivity index (χ4n) is 26.5. The van der Waals surface area contributed by atoms with E-state index in [-0.39, 0.29) is 99.5 Å². The second kappa shape index (κ2) is 37.1. The zero-order chi connectivity index (χ0) is 97.5. The summed E-state index contributed by atoms with van der Waals surface area (Å²) in [5, 5.41) is 47.6. The zero-order valence-electron chi connectivity index (χ0n) is 79.5. The third-order valence-corrected chi connectivity index (χ3v) is 33.8. The SMILES string of the molecule is C=C(C)C(=O)OC(C)(C)C12CC3CC(CC(C3)C1)C2.C=C(C)C(=O)OC1(CC)CCCC1.C=C(C)C(=O)OC12CC3CC(CC(O)(C3)C1)C2.C=C(C)C(=O)OC1C2CC3C1OC(=O)C3(C#N)C2.C=C(C)C(=O)OCC(=O)OC1C2CC3C1OC(=O)C3(C#N)C2.CCC(C)(C)C(=O)OC1C2CC3C1OC(=O)C3(C#N)C2.CCC(C)(C)C(=O)OCC(=O)OC1C2CC3C1OC(=O)C3(C#N)C2. The van der Waals surface area contributed by atoms with Gasteiger partial charge in [-0.25, -0.2) is 33.6 Å². The normalized spacial score (nSPS) is 38.5. The predicted molar refractivity (Wildman–Crippen MR) is 467 cm³/mol. The average molecular weight is 1850 g/mol. The first-order chi connectivity index (χ1) is 62.3. The summed E-state index contributed by atoms with van der Waals surface area (Å²) >= 11 is 0. The van der Waals surface area contributed by atoms with Gasteiger partial charge in [0.2, 0.25) is 0 Å². The van der Waals surface area contributed by atoms with Crippen LogP contribution in [-0.2, 0) is 124 Å². The minimum absolute atomic E-state index is 0.0504. The lowest BCUT2D eigenvalue weighted by Gasteiger charge is -2.61. The Kier molecular flexibility index (Phi) is 27.9. The molecule has 31 heteroatoms. The first kappa shape index (κ1) is 100. The van der Waals surface area contributed by atoms with E-state index >= 15 is 0 Å². The number of fused-ring (bicyclic) bond motifs is 4. The molecule has 0 spiro atoms. The Balaban J connectivity index is 0.000000133. The van der Waals surface area contributed by atoms with Crippen molar-refractivity contribution in [2.45, 2.75) is 342 Å². The second-order valence-corrected chi connectivity index (χ2v) is 44.2. The van der Waals surface area contributed by atoms with E-state index in [1.807, 2.05) is 27.7 Å². The molecule has 4 saturated heterocycles. The van der Waals surface area contributed by atoms with Crippen molar-refractivity contribution in [1.29, 1.82) is 21.0 Å². The third kappa shape index (κ3) is 18.5. The van der Waals surface area contributed by atoms with Crippen LogP contribution in [0.1, 0.15) is 270 Å². The topological polar surface area (TPSA) is 457 Å². The molecule has 0 aromatic rings. The maximum atomic E-state index is 12.2. The van der Waals surface area contributed by atoms with E-state index in [1.54, 1.807) is 41.5 Å². The van der Waals surface area contributed by atoms with Crippen LogP contribution in [0.5, 0.6) is 0 Å². The van der Waals surface area contributed by atoms with Gasteiger partial charge in [-0.15, -0.1) is 0 Å². The highest BCUT2D eigenvalue weighted by molar-refractivity contribution is 5.92. The number of esters is 13. The summed E-state index contributed by atoms with van der Waals surface area (Å²) in [4.78, 5) is 153. The molecule has 22 unspecified atom stereocenters. The van der Waals surface area contributed by atoms with Crippen LogP contribution in [0.4, 0.5) is 0 Å². The van der Waals surface area contributed by atoms with Crippen molar-refractivity contribution >= 4 is 77.6 Å². The van der Waals surface area contributed by atoms with Gasteiger partial charge in [-0.1, -0.05) is 53.7 Å². The Morgan fingerprint density at radius 2 is 0.737 bits per heavy atom. The van der Waals surface area contributed by atoms with Gasteiger partial charge >= 0.3 is 77.6 Å². The van der Waals surface area contributed by atoms with Crippen molar-refractivity contribution in [3.63, 3.8) is 0 Å². The summed E-state index contributed by atoms with van der Waals surface area (Å²) in [5.41, 5.74) is -4.54. The molecule has 4 aliphatic heterocycles. The van der Waals surface area contributed by atoms with Crippen LogP contribution in [0.3, 0.4) is 0 Å². The van der Waals surface area contributed by atoms with Gasteiger partial charge in [0.05, 0.1) is 40.7 Å². The van der Waals surface area contributed by atoms with Crippen LogP contribution in [0.2, 0.25) is 0 Å². The van der Waals surface area contributed by atoms with E-state index in [1.165, 1.54) is 64.7 Å². The zero-order valence-corrected chi connectivity index (χ0v) is 79.5. The van der Waals surface area contributed by atoms with Crippen molar-refractivity contribution in [2.75, 3.05) is 13.2 Å². The maximum Gasteiger partial charge on any atom is 0.344 e. The van der Waals surface area contributed by atoms with Gasteiger partial charge in [-0.2, -0.15) is 21.0 Å². The third-order valence-electron chi connectivity index (χ3n) is 33.8. The van der Waals surface area contributed by atoms with Crippen LogP contribution < -0.4 is 0 Å². The molecule has 722 valence electrons. The number of carbonyl (C=O) groups is 13. The molecular weight excluding hydrogens is 1710 g/mol. The molecule has 21 fully saturated rings. The number of aliphatic hydroxyl groups is 1. The van der Waals surface area contributed by atoms with Crippen molar-refractivity contribution < 1.29 is 129 Å². The molecule has 0 radical (unpaired) electrons. The highest BCUT2D eigenvalue weighted by Crippen LogP contribution is 2.68. The molecule has 21 aliphatic rings. The molecule has 0 aromatic carbocycles. The summed E-state index contributed by atoms with van der Waals surface area (Å²) in [6.07, 6.45) is 20.6. The molecule has 31 nitrogen and oxygen atoms in total. The van der Waals surface area contributed by atoms with Gasteiger partial charge in [0.1, 0.15) is 65.6 Å². The summed E-state index contributed by atoms with van der Waals surface area (Å²) in [5.74, 6) is -2.74. The lowest BCUT2D eigenvalue weighted by atomic mass is 9.46. The first-order valence-corrected chi connectivity index (χ1v) is 47.6. The average Bonchev–Trinajstić information content (AvgIpc) is 1.45. The van der Waals surface area contributed by atoms with E-state index in [0.29, 0.717) is 91.9 Å². The molecular formula is C102H132N4O27. The van der Waals surface area contributed by atoms with Gasteiger partial charge in [0, 0.05) is 87.0 Å². The number of hydrogen-bond acceptors (Lipinski definition) is 31. The number of carbonyl (C=O) groups excluding carboxylic acids is 13. The summed E-state index contributed by atoms with van der Waals surface area (Å²) < 4.78 is 69.6. The van der Waals surface area contributed by atoms with E-state index in [2.05, 4.69) is 77.9 Å². The summed E-state index contributed by atoms with van der Waals surface area (Å²) in [6, 6.07) is 8.45. The van der Waals surface area contributed by atoms with Crippen molar-refractivity contribution in [2.24, 2.45) is 115 Å². The Morgan fingerprint density at radius 1 is 0.406 bits per heavy atom. The number of hydrogen-bond donors (Lipinski definition) is 1. The van der Waals surface area contributed by atoms with Crippen LogP contribution >= 0.6 is 0 Å². The maximum absolute atomic E-state index is 12.2. The van der Waals surface area contributed by atoms with Gasteiger partial charge in [0.25, 0.3) is 0 Å². The fraction of sp³-hybridized carbons (Fsp3) is 0.735. The number of nitrogens with zero attached hydrogens (tertiary/aromatic N) is 4. The molecule has 17 saturated carbocycles. The van der Waals surface area contributed by atoms with E-state index < -0.39 is 153 Å². The highest BCUT2D eigenvalue weighted by Gasteiger charge is 2.77.